The second-order valence-corrected chi connectivity index (χ2v) is 4.59. The number of rotatable bonds is 3. The molecule has 0 aliphatic heterocycles. The molecule has 1 rings (SSSR count). The summed E-state index contributed by atoms with van der Waals surface area (Å²) in [6, 6.07) is 5.06. The smallest absolute Gasteiger partial charge is 0.123 e. The van der Waals surface area contributed by atoms with Gasteiger partial charge in [-0.1, -0.05) is 33.3 Å². The van der Waals surface area contributed by atoms with Crippen LogP contribution < -0.4 is 0 Å². The molecule has 0 amide bonds. The minimum atomic E-state index is -0.130. The predicted molar refractivity (Wildman–Crippen MR) is 59.1 cm³/mol. The maximum Gasteiger partial charge on any atom is 0.123 e. The average molecular weight is 194 g/mol. The lowest BCUT2D eigenvalue weighted by molar-refractivity contribution is 0.466. The standard InChI is InChI=1S/C13H19F/c1-5-8-13(3,4)12-9-11(14)7-6-10(12)2/h6-7,9H,5,8H2,1-4H3. The molecule has 0 atom stereocenters. The van der Waals surface area contributed by atoms with E-state index in [9.17, 15) is 4.39 Å². The van der Waals surface area contributed by atoms with Gasteiger partial charge in [0.15, 0.2) is 0 Å². The van der Waals surface area contributed by atoms with Crippen molar-refractivity contribution >= 4 is 0 Å². The van der Waals surface area contributed by atoms with Gasteiger partial charge in [-0.3, -0.25) is 0 Å². The van der Waals surface area contributed by atoms with Gasteiger partial charge in [0.2, 0.25) is 0 Å². The molecule has 0 nitrogen and oxygen atoms in total. The van der Waals surface area contributed by atoms with Crippen molar-refractivity contribution in [1.82, 2.24) is 0 Å². The Labute approximate surface area is 86.2 Å². The quantitative estimate of drug-likeness (QED) is 0.676. The predicted octanol–water partition coefficient (Wildman–Crippen LogP) is 4.21. The lowest BCUT2D eigenvalue weighted by Crippen LogP contribution is -2.18. The lowest BCUT2D eigenvalue weighted by Gasteiger charge is -2.26. The summed E-state index contributed by atoms with van der Waals surface area (Å²) in [4.78, 5) is 0. The fourth-order valence-corrected chi connectivity index (χ4v) is 2.08. The van der Waals surface area contributed by atoms with E-state index in [0.717, 1.165) is 18.4 Å². The fourth-order valence-electron chi connectivity index (χ4n) is 2.08. The van der Waals surface area contributed by atoms with Crippen LogP contribution in [0.1, 0.15) is 44.7 Å². The van der Waals surface area contributed by atoms with Crippen LogP contribution in [0.25, 0.3) is 0 Å². The molecule has 0 N–H and O–H groups in total. The van der Waals surface area contributed by atoms with Crippen LogP contribution in [0.5, 0.6) is 0 Å². The van der Waals surface area contributed by atoms with Gasteiger partial charge in [0.25, 0.3) is 0 Å². The highest BCUT2D eigenvalue weighted by molar-refractivity contribution is 5.32. The first-order chi connectivity index (χ1) is 6.47. The van der Waals surface area contributed by atoms with Crippen LogP contribution >= 0.6 is 0 Å². The molecule has 78 valence electrons. The van der Waals surface area contributed by atoms with E-state index in [1.165, 1.54) is 11.6 Å². The Morgan fingerprint density at radius 1 is 1.29 bits per heavy atom. The molecule has 0 bridgehead atoms. The summed E-state index contributed by atoms with van der Waals surface area (Å²) in [5, 5.41) is 0. The van der Waals surface area contributed by atoms with Crippen molar-refractivity contribution < 1.29 is 4.39 Å². The van der Waals surface area contributed by atoms with E-state index in [-0.39, 0.29) is 11.2 Å². The normalized spacial score (nSPS) is 11.8. The molecule has 0 unspecified atom stereocenters. The molecule has 1 aromatic carbocycles. The zero-order valence-electron chi connectivity index (χ0n) is 9.52. The molecule has 0 saturated heterocycles. The Bertz CT molecular complexity index is 313. The first-order valence-corrected chi connectivity index (χ1v) is 5.24. The Morgan fingerprint density at radius 3 is 2.50 bits per heavy atom. The number of aryl methyl sites for hydroxylation is 1. The SMILES string of the molecule is CCCC(C)(C)c1cc(F)ccc1C. The van der Waals surface area contributed by atoms with Crippen LogP contribution in [0.4, 0.5) is 4.39 Å². The lowest BCUT2D eigenvalue weighted by atomic mass is 9.78. The van der Waals surface area contributed by atoms with E-state index in [2.05, 4.69) is 20.8 Å². The van der Waals surface area contributed by atoms with Gasteiger partial charge < -0.3 is 0 Å². The van der Waals surface area contributed by atoms with Crippen molar-refractivity contribution in [2.75, 3.05) is 0 Å². The van der Waals surface area contributed by atoms with Gasteiger partial charge in [0.1, 0.15) is 5.82 Å². The van der Waals surface area contributed by atoms with Crippen LogP contribution in [0, 0.1) is 12.7 Å². The Balaban J connectivity index is 3.10. The highest BCUT2D eigenvalue weighted by Gasteiger charge is 2.21. The van der Waals surface area contributed by atoms with E-state index in [1.54, 1.807) is 6.07 Å². The minimum absolute atomic E-state index is 0.0843. The summed E-state index contributed by atoms with van der Waals surface area (Å²) in [6.45, 7) is 8.57. The third-order valence-electron chi connectivity index (χ3n) is 2.80. The number of halogens is 1. The van der Waals surface area contributed by atoms with Crippen LogP contribution in [0.15, 0.2) is 18.2 Å². The maximum absolute atomic E-state index is 13.1. The molecule has 0 aliphatic carbocycles. The molecule has 0 spiro atoms. The van der Waals surface area contributed by atoms with Crippen molar-refractivity contribution in [2.45, 2.75) is 46.0 Å². The highest BCUT2D eigenvalue weighted by Crippen LogP contribution is 2.31. The summed E-state index contributed by atoms with van der Waals surface area (Å²) in [5.74, 6) is -0.130. The van der Waals surface area contributed by atoms with Crippen molar-refractivity contribution in [3.8, 4) is 0 Å². The third kappa shape index (κ3) is 2.34. The summed E-state index contributed by atoms with van der Waals surface area (Å²) in [6.07, 6.45) is 2.22. The molecule has 0 aliphatic rings. The van der Waals surface area contributed by atoms with Gasteiger partial charge in [-0.2, -0.15) is 0 Å². The van der Waals surface area contributed by atoms with E-state index in [0.29, 0.717) is 0 Å². The van der Waals surface area contributed by atoms with Crippen LogP contribution in [0.3, 0.4) is 0 Å². The Kier molecular flexibility index (Phi) is 3.30. The van der Waals surface area contributed by atoms with Gasteiger partial charge in [-0.05, 0) is 42.0 Å². The molecular formula is C13H19F. The molecule has 14 heavy (non-hydrogen) atoms. The maximum atomic E-state index is 13.1. The number of hydrogen-bond donors (Lipinski definition) is 0. The zero-order chi connectivity index (χ0) is 10.8. The Hall–Kier alpha value is -0.850. The van der Waals surface area contributed by atoms with Gasteiger partial charge in [0.05, 0.1) is 0 Å². The van der Waals surface area contributed by atoms with E-state index in [1.807, 2.05) is 13.0 Å². The first kappa shape index (κ1) is 11.2. The van der Waals surface area contributed by atoms with Crippen LogP contribution in [-0.4, -0.2) is 0 Å². The molecule has 0 fully saturated rings. The first-order valence-electron chi connectivity index (χ1n) is 5.24. The van der Waals surface area contributed by atoms with Crippen LogP contribution in [-0.2, 0) is 5.41 Å². The van der Waals surface area contributed by atoms with Crippen molar-refractivity contribution in [2.24, 2.45) is 0 Å². The van der Waals surface area contributed by atoms with Gasteiger partial charge in [-0.15, -0.1) is 0 Å². The fraction of sp³-hybridized carbons (Fsp3) is 0.538. The van der Waals surface area contributed by atoms with Crippen LogP contribution in [0.2, 0.25) is 0 Å². The van der Waals surface area contributed by atoms with Gasteiger partial charge >= 0.3 is 0 Å². The molecule has 0 saturated carbocycles. The second-order valence-electron chi connectivity index (χ2n) is 4.59. The number of hydrogen-bond acceptors (Lipinski definition) is 0. The summed E-state index contributed by atoms with van der Waals surface area (Å²) in [7, 11) is 0. The average Bonchev–Trinajstić information content (AvgIpc) is 2.09. The molecule has 0 heterocycles. The van der Waals surface area contributed by atoms with Crippen molar-refractivity contribution in [3.63, 3.8) is 0 Å². The van der Waals surface area contributed by atoms with E-state index < -0.39 is 0 Å². The molecule has 0 radical (unpaired) electrons. The zero-order valence-corrected chi connectivity index (χ0v) is 9.52. The monoisotopic (exact) mass is 194 g/mol. The van der Waals surface area contributed by atoms with Crippen molar-refractivity contribution in [3.05, 3.63) is 35.1 Å². The van der Waals surface area contributed by atoms with E-state index in [4.69, 9.17) is 0 Å². The molecule has 1 heteroatoms. The molecule has 0 aromatic heterocycles. The molecular weight excluding hydrogens is 175 g/mol. The third-order valence-corrected chi connectivity index (χ3v) is 2.80. The minimum Gasteiger partial charge on any atom is -0.207 e. The summed E-state index contributed by atoms with van der Waals surface area (Å²) < 4.78 is 13.1. The Morgan fingerprint density at radius 2 is 1.93 bits per heavy atom. The largest absolute Gasteiger partial charge is 0.207 e. The number of benzene rings is 1. The second kappa shape index (κ2) is 4.12. The summed E-state index contributed by atoms with van der Waals surface area (Å²) >= 11 is 0. The topological polar surface area (TPSA) is 0 Å². The van der Waals surface area contributed by atoms with Gasteiger partial charge in [-0.25, -0.2) is 4.39 Å². The molecule has 1 aromatic rings. The summed E-state index contributed by atoms with van der Waals surface area (Å²) in [5.41, 5.74) is 2.41. The van der Waals surface area contributed by atoms with Gasteiger partial charge in [0, 0.05) is 0 Å². The van der Waals surface area contributed by atoms with E-state index >= 15 is 0 Å². The van der Waals surface area contributed by atoms with Crippen molar-refractivity contribution in [1.29, 1.82) is 0 Å². The highest BCUT2D eigenvalue weighted by atomic mass is 19.1.